The molecule has 0 saturated carbocycles. The van der Waals surface area contributed by atoms with Crippen molar-refractivity contribution in [1.29, 1.82) is 0 Å². The quantitative estimate of drug-likeness (QED) is 0.442. The lowest BCUT2D eigenvalue weighted by molar-refractivity contribution is -0.385. The molecule has 0 heterocycles. The fourth-order valence-corrected chi connectivity index (χ4v) is 2.35. The molecule has 4 heteroatoms. The van der Waals surface area contributed by atoms with Crippen molar-refractivity contribution in [3.05, 3.63) is 39.9 Å². The monoisotopic (exact) mass is 283 g/mol. The highest BCUT2D eigenvalue weighted by Crippen LogP contribution is 2.32. The molecular formula is C15H22ClNO2. The molecule has 0 aromatic heterocycles. The van der Waals surface area contributed by atoms with Gasteiger partial charge < -0.3 is 0 Å². The van der Waals surface area contributed by atoms with E-state index in [0.29, 0.717) is 17.9 Å². The number of alkyl halides is 1. The molecule has 0 spiro atoms. The minimum atomic E-state index is -0.341. The van der Waals surface area contributed by atoms with E-state index in [4.69, 9.17) is 11.6 Å². The van der Waals surface area contributed by atoms with Crippen LogP contribution in [0, 0.1) is 21.4 Å². The fraction of sp³-hybridized carbons (Fsp3) is 0.600. The number of rotatable bonds is 5. The van der Waals surface area contributed by atoms with Gasteiger partial charge in [0.25, 0.3) is 5.69 Å². The Morgan fingerprint density at radius 1 is 1.32 bits per heavy atom. The van der Waals surface area contributed by atoms with E-state index in [1.807, 2.05) is 6.07 Å². The number of halogens is 1. The Labute approximate surface area is 120 Å². The Bertz CT molecular complexity index is 440. The van der Waals surface area contributed by atoms with E-state index in [1.54, 1.807) is 12.1 Å². The molecule has 0 bridgehead atoms. The van der Waals surface area contributed by atoms with Crippen molar-refractivity contribution in [3.8, 4) is 0 Å². The maximum Gasteiger partial charge on any atom is 0.272 e. The molecule has 0 aliphatic carbocycles. The molecule has 0 aliphatic rings. The molecule has 0 N–H and O–H groups in total. The Morgan fingerprint density at radius 3 is 2.42 bits per heavy atom. The molecule has 0 saturated heterocycles. The van der Waals surface area contributed by atoms with Crippen LogP contribution in [0.25, 0.3) is 0 Å². The van der Waals surface area contributed by atoms with E-state index >= 15 is 0 Å². The predicted octanol–water partition coefficient (Wildman–Crippen LogP) is 4.82. The lowest BCUT2D eigenvalue weighted by Gasteiger charge is -2.28. The lowest BCUT2D eigenvalue weighted by Crippen LogP contribution is -2.21. The van der Waals surface area contributed by atoms with Crippen molar-refractivity contribution >= 4 is 17.3 Å². The molecule has 2 atom stereocenters. The van der Waals surface area contributed by atoms with Gasteiger partial charge in [0.2, 0.25) is 0 Å². The molecule has 1 aromatic rings. The molecule has 2 unspecified atom stereocenters. The van der Waals surface area contributed by atoms with Crippen LogP contribution in [-0.4, -0.2) is 10.3 Å². The zero-order chi connectivity index (χ0) is 14.6. The van der Waals surface area contributed by atoms with Crippen LogP contribution in [0.5, 0.6) is 0 Å². The zero-order valence-corrected chi connectivity index (χ0v) is 12.8. The van der Waals surface area contributed by atoms with Gasteiger partial charge in [0.15, 0.2) is 0 Å². The number of benzene rings is 1. The first-order chi connectivity index (χ1) is 8.71. The van der Waals surface area contributed by atoms with E-state index in [9.17, 15) is 10.1 Å². The number of nitrogens with zero attached hydrogens (tertiary/aromatic N) is 1. The molecule has 0 radical (unpaired) electrons. The third kappa shape index (κ3) is 4.83. The van der Waals surface area contributed by atoms with Gasteiger partial charge in [0.1, 0.15) is 0 Å². The van der Waals surface area contributed by atoms with Gasteiger partial charge in [-0.1, -0.05) is 45.9 Å². The van der Waals surface area contributed by atoms with Gasteiger partial charge in [0.05, 0.1) is 4.92 Å². The third-order valence-electron chi connectivity index (χ3n) is 3.72. The Kier molecular flexibility index (Phi) is 5.36. The summed E-state index contributed by atoms with van der Waals surface area (Å²) in [6, 6.07) is 6.82. The third-order valence-corrected chi connectivity index (χ3v) is 4.05. The standard InChI is InChI=1S/C15H22ClNO2/c1-11(15(2,3)4)9-13(16)10-12-7-5-6-8-14(12)17(18)19/h5-8,11,13H,9-10H2,1-4H3. The van der Waals surface area contributed by atoms with Gasteiger partial charge in [0, 0.05) is 17.0 Å². The van der Waals surface area contributed by atoms with Crippen LogP contribution in [0.3, 0.4) is 0 Å². The topological polar surface area (TPSA) is 43.1 Å². The number of hydrogen-bond donors (Lipinski definition) is 0. The number of para-hydroxylation sites is 1. The minimum Gasteiger partial charge on any atom is -0.258 e. The summed E-state index contributed by atoms with van der Waals surface area (Å²) in [5.41, 5.74) is 1.08. The van der Waals surface area contributed by atoms with Crippen molar-refractivity contribution in [2.24, 2.45) is 11.3 Å². The average molecular weight is 284 g/mol. The molecule has 3 nitrogen and oxygen atoms in total. The first-order valence-electron chi connectivity index (χ1n) is 6.58. The van der Waals surface area contributed by atoms with Gasteiger partial charge in [-0.05, 0) is 24.2 Å². The van der Waals surface area contributed by atoms with E-state index < -0.39 is 0 Å². The zero-order valence-electron chi connectivity index (χ0n) is 12.0. The van der Waals surface area contributed by atoms with Gasteiger partial charge in [-0.3, -0.25) is 10.1 Å². The summed E-state index contributed by atoms with van der Waals surface area (Å²) in [6.07, 6.45) is 1.40. The number of hydrogen-bond acceptors (Lipinski definition) is 2. The van der Waals surface area contributed by atoms with Crippen molar-refractivity contribution in [2.45, 2.75) is 45.9 Å². The summed E-state index contributed by atoms with van der Waals surface area (Å²) in [7, 11) is 0. The summed E-state index contributed by atoms with van der Waals surface area (Å²) in [5.74, 6) is 0.470. The summed E-state index contributed by atoms with van der Waals surface area (Å²) < 4.78 is 0. The summed E-state index contributed by atoms with van der Waals surface area (Å²) in [5, 5.41) is 10.9. The van der Waals surface area contributed by atoms with E-state index in [0.717, 1.165) is 6.42 Å². The Hall–Kier alpha value is -1.09. The first-order valence-corrected chi connectivity index (χ1v) is 7.02. The Balaban J connectivity index is 2.72. The minimum absolute atomic E-state index is 0.0738. The van der Waals surface area contributed by atoms with Gasteiger partial charge in [-0.25, -0.2) is 0 Å². The van der Waals surface area contributed by atoms with Crippen LogP contribution < -0.4 is 0 Å². The normalized spacial score (nSPS) is 15.0. The summed E-state index contributed by atoms with van der Waals surface area (Å²) in [4.78, 5) is 10.6. The summed E-state index contributed by atoms with van der Waals surface area (Å²) in [6.45, 7) is 8.74. The number of nitro groups is 1. The van der Waals surface area contributed by atoms with Crippen LogP contribution >= 0.6 is 11.6 Å². The highest BCUT2D eigenvalue weighted by atomic mass is 35.5. The van der Waals surface area contributed by atoms with Crippen LogP contribution in [0.2, 0.25) is 0 Å². The maximum absolute atomic E-state index is 10.9. The van der Waals surface area contributed by atoms with Crippen LogP contribution in [0.15, 0.2) is 24.3 Å². The first kappa shape index (κ1) is 16.0. The van der Waals surface area contributed by atoms with Crippen molar-refractivity contribution < 1.29 is 4.92 Å². The second-order valence-corrected chi connectivity index (χ2v) is 6.81. The largest absolute Gasteiger partial charge is 0.272 e. The van der Waals surface area contributed by atoms with Crippen molar-refractivity contribution in [3.63, 3.8) is 0 Å². The Morgan fingerprint density at radius 2 is 1.89 bits per heavy atom. The van der Waals surface area contributed by atoms with E-state index in [-0.39, 0.29) is 21.4 Å². The predicted molar refractivity (Wildman–Crippen MR) is 79.7 cm³/mol. The molecule has 19 heavy (non-hydrogen) atoms. The van der Waals surface area contributed by atoms with Crippen molar-refractivity contribution in [1.82, 2.24) is 0 Å². The van der Waals surface area contributed by atoms with Gasteiger partial charge in [-0.15, -0.1) is 11.6 Å². The molecule has 1 rings (SSSR count). The van der Waals surface area contributed by atoms with Crippen LogP contribution in [0.1, 0.15) is 39.7 Å². The van der Waals surface area contributed by atoms with Gasteiger partial charge in [-0.2, -0.15) is 0 Å². The maximum atomic E-state index is 10.9. The van der Waals surface area contributed by atoms with Gasteiger partial charge >= 0.3 is 0 Å². The lowest BCUT2D eigenvalue weighted by atomic mass is 9.79. The molecule has 106 valence electrons. The van der Waals surface area contributed by atoms with Crippen LogP contribution in [-0.2, 0) is 6.42 Å². The second kappa shape index (κ2) is 6.38. The smallest absolute Gasteiger partial charge is 0.258 e. The highest BCUT2D eigenvalue weighted by molar-refractivity contribution is 6.20. The van der Waals surface area contributed by atoms with Crippen LogP contribution in [0.4, 0.5) is 5.69 Å². The highest BCUT2D eigenvalue weighted by Gasteiger charge is 2.24. The molecule has 1 aromatic carbocycles. The van der Waals surface area contributed by atoms with E-state index in [2.05, 4.69) is 27.7 Å². The van der Waals surface area contributed by atoms with Crippen molar-refractivity contribution in [2.75, 3.05) is 0 Å². The molecular weight excluding hydrogens is 262 g/mol. The molecule has 0 amide bonds. The fourth-order valence-electron chi connectivity index (χ4n) is 1.92. The number of nitro benzene ring substituents is 1. The SMILES string of the molecule is CC(CC(Cl)Cc1ccccc1[N+](=O)[O-])C(C)(C)C. The average Bonchev–Trinajstić information content (AvgIpc) is 2.27. The summed E-state index contributed by atoms with van der Waals surface area (Å²) >= 11 is 6.37. The molecule has 0 aliphatic heterocycles. The van der Waals surface area contributed by atoms with E-state index in [1.165, 1.54) is 6.07 Å². The molecule has 0 fully saturated rings. The second-order valence-electron chi connectivity index (χ2n) is 6.19.